The van der Waals surface area contributed by atoms with E-state index in [4.69, 9.17) is 9.47 Å². The summed E-state index contributed by atoms with van der Waals surface area (Å²) in [6.07, 6.45) is 1.49. The Bertz CT molecular complexity index is 1090. The van der Waals surface area contributed by atoms with Crippen molar-refractivity contribution in [2.24, 2.45) is 10.9 Å². The van der Waals surface area contributed by atoms with Crippen molar-refractivity contribution in [3.8, 4) is 17.6 Å². The summed E-state index contributed by atoms with van der Waals surface area (Å²) in [6, 6.07) is 14.0. The normalized spacial score (nSPS) is 18.0. The lowest BCUT2D eigenvalue weighted by Gasteiger charge is -2.32. The molecule has 7 nitrogen and oxygen atoms in total. The fraction of sp³-hybridized carbons (Fsp3) is 0.333. The average Bonchev–Trinajstić information content (AvgIpc) is 2.78. The standard InChI is InChI=1S/C24H25N3O4/c1-15(2)24(3,14-25)26-13-19-17-8-6-7-9-18(17)22(28)27(23(19)29)16-10-11-20(30-4)21(12-16)31-5/h6-13,15,19H,1-5H3/t19?,24-/m1/s1. The molecule has 2 aromatic carbocycles. The zero-order valence-corrected chi connectivity index (χ0v) is 18.2. The number of carbonyl (C=O) groups excluding carboxylic acids is 2. The fourth-order valence-electron chi connectivity index (χ4n) is 3.34. The van der Waals surface area contributed by atoms with E-state index in [0.29, 0.717) is 28.3 Å². The number of nitrogens with zero attached hydrogens (tertiary/aromatic N) is 3. The molecule has 31 heavy (non-hydrogen) atoms. The first-order valence-electron chi connectivity index (χ1n) is 9.93. The highest BCUT2D eigenvalue weighted by Gasteiger charge is 2.39. The van der Waals surface area contributed by atoms with Crippen LogP contribution in [0.4, 0.5) is 5.69 Å². The second kappa shape index (κ2) is 8.60. The van der Waals surface area contributed by atoms with E-state index in [-0.39, 0.29) is 5.92 Å². The number of carbonyl (C=O) groups is 2. The minimum atomic E-state index is -0.981. The van der Waals surface area contributed by atoms with Gasteiger partial charge in [-0.05, 0) is 36.6 Å². The van der Waals surface area contributed by atoms with E-state index < -0.39 is 23.3 Å². The van der Waals surface area contributed by atoms with Crippen LogP contribution in [0, 0.1) is 17.2 Å². The van der Waals surface area contributed by atoms with Gasteiger partial charge in [0.25, 0.3) is 5.91 Å². The predicted molar refractivity (Wildman–Crippen MR) is 118 cm³/mol. The van der Waals surface area contributed by atoms with Crippen LogP contribution in [0.5, 0.6) is 11.5 Å². The van der Waals surface area contributed by atoms with Gasteiger partial charge in [0.2, 0.25) is 5.91 Å². The van der Waals surface area contributed by atoms with Gasteiger partial charge in [0.15, 0.2) is 11.5 Å². The van der Waals surface area contributed by atoms with E-state index in [0.717, 1.165) is 4.90 Å². The van der Waals surface area contributed by atoms with Crippen molar-refractivity contribution in [3.05, 3.63) is 53.6 Å². The van der Waals surface area contributed by atoms with E-state index >= 15 is 0 Å². The molecule has 0 N–H and O–H groups in total. The lowest BCUT2D eigenvalue weighted by molar-refractivity contribution is -0.118. The van der Waals surface area contributed by atoms with Gasteiger partial charge in [-0.25, -0.2) is 4.90 Å². The zero-order chi connectivity index (χ0) is 22.8. The number of fused-ring (bicyclic) bond motifs is 1. The number of imide groups is 1. The summed E-state index contributed by atoms with van der Waals surface area (Å²) in [5, 5.41) is 9.59. The molecule has 2 atom stereocenters. The Morgan fingerprint density at radius 3 is 2.42 bits per heavy atom. The van der Waals surface area contributed by atoms with Gasteiger partial charge in [0.05, 0.1) is 31.9 Å². The summed E-state index contributed by atoms with van der Waals surface area (Å²) >= 11 is 0. The number of aliphatic imine (C=N–C) groups is 1. The molecule has 0 bridgehead atoms. The van der Waals surface area contributed by atoms with Gasteiger partial charge in [-0.2, -0.15) is 5.26 Å². The Morgan fingerprint density at radius 2 is 1.81 bits per heavy atom. The summed E-state index contributed by atoms with van der Waals surface area (Å²) in [4.78, 5) is 32.3. The molecule has 2 aromatic rings. The molecular formula is C24H25N3O4. The summed E-state index contributed by atoms with van der Waals surface area (Å²) in [6.45, 7) is 5.53. The molecule has 1 heterocycles. The van der Waals surface area contributed by atoms with Crippen LogP contribution in [-0.2, 0) is 4.79 Å². The fourth-order valence-corrected chi connectivity index (χ4v) is 3.34. The van der Waals surface area contributed by atoms with Crippen LogP contribution in [0.1, 0.15) is 42.6 Å². The largest absolute Gasteiger partial charge is 0.493 e. The first kappa shape index (κ1) is 22.0. The topological polar surface area (TPSA) is 92.0 Å². The first-order valence-corrected chi connectivity index (χ1v) is 9.93. The number of nitriles is 1. The zero-order valence-electron chi connectivity index (χ0n) is 18.2. The second-order valence-electron chi connectivity index (χ2n) is 7.78. The molecular weight excluding hydrogens is 394 g/mol. The van der Waals surface area contributed by atoms with Gasteiger partial charge in [0.1, 0.15) is 5.54 Å². The molecule has 0 saturated carbocycles. The highest BCUT2D eigenvalue weighted by atomic mass is 16.5. The van der Waals surface area contributed by atoms with Crippen LogP contribution >= 0.6 is 0 Å². The van der Waals surface area contributed by atoms with Crippen LogP contribution in [0.3, 0.4) is 0 Å². The number of hydrogen-bond acceptors (Lipinski definition) is 6. The van der Waals surface area contributed by atoms with Gasteiger partial charge in [-0.1, -0.05) is 32.0 Å². The van der Waals surface area contributed by atoms with Gasteiger partial charge in [0, 0.05) is 17.8 Å². The summed E-state index contributed by atoms with van der Waals surface area (Å²) < 4.78 is 10.6. The molecule has 160 valence electrons. The van der Waals surface area contributed by atoms with Crippen molar-refractivity contribution < 1.29 is 19.1 Å². The Hall–Kier alpha value is -3.66. The van der Waals surface area contributed by atoms with Crippen molar-refractivity contribution in [2.75, 3.05) is 19.1 Å². The van der Waals surface area contributed by atoms with Crippen LogP contribution < -0.4 is 14.4 Å². The number of anilines is 1. The van der Waals surface area contributed by atoms with Crippen molar-refractivity contribution in [3.63, 3.8) is 0 Å². The molecule has 0 aliphatic carbocycles. The Morgan fingerprint density at radius 1 is 1.13 bits per heavy atom. The monoisotopic (exact) mass is 419 g/mol. The Labute approximate surface area is 181 Å². The summed E-state index contributed by atoms with van der Waals surface area (Å²) in [7, 11) is 3.00. The van der Waals surface area contributed by atoms with E-state index in [2.05, 4.69) is 11.1 Å². The molecule has 2 amide bonds. The van der Waals surface area contributed by atoms with Crippen molar-refractivity contribution in [1.82, 2.24) is 0 Å². The smallest absolute Gasteiger partial charge is 0.265 e. The predicted octanol–water partition coefficient (Wildman–Crippen LogP) is 3.98. The minimum absolute atomic E-state index is 0.0497. The molecule has 1 aliphatic heterocycles. The van der Waals surface area contributed by atoms with E-state index in [9.17, 15) is 14.9 Å². The molecule has 0 radical (unpaired) electrons. The molecule has 7 heteroatoms. The average molecular weight is 419 g/mol. The lowest BCUT2D eigenvalue weighted by Crippen LogP contribution is -2.45. The summed E-state index contributed by atoms with van der Waals surface area (Å²) in [5.41, 5.74) is 0.371. The van der Waals surface area contributed by atoms with Crippen LogP contribution in [0.15, 0.2) is 47.5 Å². The third-order valence-electron chi connectivity index (χ3n) is 5.68. The molecule has 1 aliphatic rings. The Balaban J connectivity index is 2.12. The number of methoxy groups -OCH3 is 2. The lowest BCUT2D eigenvalue weighted by atomic mass is 9.87. The third-order valence-corrected chi connectivity index (χ3v) is 5.68. The third kappa shape index (κ3) is 3.89. The second-order valence-corrected chi connectivity index (χ2v) is 7.78. The maximum atomic E-state index is 13.5. The van der Waals surface area contributed by atoms with Crippen molar-refractivity contribution >= 4 is 23.7 Å². The van der Waals surface area contributed by atoms with Crippen molar-refractivity contribution in [1.29, 1.82) is 5.26 Å². The number of rotatable bonds is 6. The van der Waals surface area contributed by atoms with Crippen LogP contribution in [-0.4, -0.2) is 37.8 Å². The quantitative estimate of drug-likeness (QED) is 0.522. The minimum Gasteiger partial charge on any atom is -0.493 e. The highest BCUT2D eigenvalue weighted by molar-refractivity contribution is 6.29. The molecule has 0 fully saturated rings. The van der Waals surface area contributed by atoms with E-state index in [1.807, 2.05) is 13.8 Å². The van der Waals surface area contributed by atoms with Gasteiger partial charge in [-0.3, -0.25) is 14.6 Å². The Kier molecular flexibility index (Phi) is 6.11. The molecule has 1 unspecified atom stereocenters. The van der Waals surface area contributed by atoms with Gasteiger partial charge >= 0.3 is 0 Å². The van der Waals surface area contributed by atoms with Crippen molar-refractivity contribution in [2.45, 2.75) is 32.2 Å². The molecule has 0 spiro atoms. The number of ether oxygens (including phenoxy) is 2. The number of amides is 2. The summed E-state index contributed by atoms with van der Waals surface area (Å²) in [5.74, 6) is -0.822. The van der Waals surface area contributed by atoms with Gasteiger partial charge < -0.3 is 9.47 Å². The number of benzene rings is 2. The molecule has 0 saturated heterocycles. The van der Waals surface area contributed by atoms with Gasteiger partial charge in [-0.15, -0.1) is 0 Å². The van der Waals surface area contributed by atoms with E-state index in [1.54, 1.807) is 49.4 Å². The van der Waals surface area contributed by atoms with Crippen LogP contribution in [0.25, 0.3) is 0 Å². The van der Waals surface area contributed by atoms with Crippen LogP contribution in [0.2, 0.25) is 0 Å². The first-order chi connectivity index (χ1) is 14.8. The maximum absolute atomic E-state index is 13.5. The maximum Gasteiger partial charge on any atom is 0.265 e. The number of hydrogen-bond donors (Lipinski definition) is 0. The molecule has 0 aromatic heterocycles. The highest BCUT2D eigenvalue weighted by Crippen LogP contribution is 2.36. The molecule has 3 rings (SSSR count). The SMILES string of the molecule is COc1ccc(N2C(=O)c3ccccc3C(C=N[C@](C)(C#N)C(C)C)C2=O)cc1OC. The van der Waals surface area contributed by atoms with E-state index in [1.165, 1.54) is 20.4 Å².